The smallest absolute Gasteiger partial charge is 0.256 e. The van der Waals surface area contributed by atoms with Crippen LogP contribution in [0.4, 0.5) is 0 Å². The summed E-state index contributed by atoms with van der Waals surface area (Å²) < 4.78 is 1.98. The lowest BCUT2D eigenvalue weighted by molar-refractivity contribution is 0.0814. The molecule has 0 saturated carbocycles. The van der Waals surface area contributed by atoms with E-state index in [4.69, 9.17) is 0 Å². The van der Waals surface area contributed by atoms with Crippen LogP contribution in [0.1, 0.15) is 21.5 Å². The van der Waals surface area contributed by atoms with Gasteiger partial charge in [0.15, 0.2) is 0 Å². The maximum absolute atomic E-state index is 12.7. The van der Waals surface area contributed by atoms with Crippen molar-refractivity contribution in [2.45, 2.75) is 6.92 Å². The Kier molecular flexibility index (Phi) is 4.39. The predicted octanol–water partition coefficient (Wildman–Crippen LogP) is 3.61. The van der Waals surface area contributed by atoms with Gasteiger partial charge >= 0.3 is 0 Å². The largest absolute Gasteiger partial charge is 0.350 e. The number of hydrogen-bond donors (Lipinski definition) is 0. The van der Waals surface area contributed by atoms with Crippen LogP contribution in [0.5, 0.6) is 0 Å². The minimum absolute atomic E-state index is 0.00925. The predicted molar refractivity (Wildman–Crippen MR) is 97.9 cm³/mol. The molecule has 0 saturated heterocycles. The molecule has 1 amide bonds. The van der Waals surface area contributed by atoms with Crippen LogP contribution >= 0.6 is 0 Å². The average molecular weight is 316 g/mol. The lowest BCUT2D eigenvalue weighted by Gasteiger charge is -2.13. The van der Waals surface area contributed by atoms with Crippen molar-refractivity contribution in [2.24, 2.45) is 7.05 Å². The van der Waals surface area contributed by atoms with Gasteiger partial charge in [-0.15, -0.1) is 0 Å². The fourth-order valence-corrected chi connectivity index (χ4v) is 2.69. The molecule has 0 aliphatic carbocycles. The summed E-state index contributed by atoms with van der Waals surface area (Å²) in [4.78, 5) is 14.4. The summed E-state index contributed by atoms with van der Waals surface area (Å²) in [5, 5.41) is 0.975. The third kappa shape index (κ3) is 3.18. The molecule has 3 aromatic rings. The highest BCUT2D eigenvalue weighted by atomic mass is 16.2. The molecule has 0 aliphatic rings. The first-order chi connectivity index (χ1) is 11.6. The Morgan fingerprint density at radius 2 is 1.83 bits per heavy atom. The Morgan fingerprint density at radius 3 is 2.58 bits per heavy atom. The lowest BCUT2D eigenvalue weighted by Crippen LogP contribution is -2.26. The minimum Gasteiger partial charge on any atom is -0.350 e. The highest BCUT2D eigenvalue weighted by Crippen LogP contribution is 2.21. The summed E-state index contributed by atoms with van der Waals surface area (Å²) in [6.45, 7) is 2.45. The van der Waals surface area contributed by atoms with Gasteiger partial charge < -0.3 is 9.47 Å². The van der Waals surface area contributed by atoms with Crippen molar-refractivity contribution in [3.05, 3.63) is 71.4 Å². The number of carbonyl (C=O) groups is 1. The molecule has 1 aromatic heterocycles. The number of nitrogens with zero attached hydrogens (tertiary/aromatic N) is 2. The number of amides is 1. The fraction of sp³-hybridized carbons (Fsp3) is 0.190. The van der Waals surface area contributed by atoms with Gasteiger partial charge in [-0.3, -0.25) is 4.79 Å². The molecule has 0 fully saturated rings. The van der Waals surface area contributed by atoms with Crippen molar-refractivity contribution in [3.63, 3.8) is 0 Å². The fourth-order valence-electron chi connectivity index (χ4n) is 2.69. The zero-order valence-electron chi connectivity index (χ0n) is 14.2. The number of hydrogen-bond acceptors (Lipinski definition) is 1. The molecule has 120 valence electrons. The van der Waals surface area contributed by atoms with Gasteiger partial charge in [0.2, 0.25) is 0 Å². The molecule has 3 rings (SSSR count). The van der Waals surface area contributed by atoms with E-state index >= 15 is 0 Å². The molecule has 2 aromatic carbocycles. The van der Waals surface area contributed by atoms with Crippen LogP contribution in [0.25, 0.3) is 10.9 Å². The summed E-state index contributed by atoms with van der Waals surface area (Å²) in [7, 11) is 3.74. The molecule has 0 bridgehead atoms. The molecule has 0 aliphatic heterocycles. The van der Waals surface area contributed by atoms with E-state index in [0.717, 1.165) is 16.5 Å². The topological polar surface area (TPSA) is 25.2 Å². The summed E-state index contributed by atoms with van der Waals surface area (Å²) in [5.74, 6) is 6.17. The first kappa shape index (κ1) is 15.9. The monoisotopic (exact) mass is 316 g/mol. The maximum Gasteiger partial charge on any atom is 0.256 e. The molecule has 3 nitrogen and oxygen atoms in total. The van der Waals surface area contributed by atoms with Crippen LogP contribution in [0.15, 0.2) is 54.7 Å². The van der Waals surface area contributed by atoms with E-state index in [1.54, 1.807) is 11.9 Å². The number of aromatic nitrogens is 1. The molecule has 0 spiro atoms. The number of fused-ring (bicyclic) bond motifs is 1. The van der Waals surface area contributed by atoms with Gasteiger partial charge in [-0.25, -0.2) is 0 Å². The van der Waals surface area contributed by atoms with Crippen molar-refractivity contribution in [3.8, 4) is 11.8 Å². The zero-order valence-corrected chi connectivity index (χ0v) is 14.2. The van der Waals surface area contributed by atoms with Crippen molar-refractivity contribution < 1.29 is 4.79 Å². The Morgan fingerprint density at radius 1 is 1.12 bits per heavy atom. The number of benzene rings is 2. The second kappa shape index (κ2) is 6.64. The Hall–Kier alpha value is -2.99. The van der Waals surface area contributed by atoms with Gasteiger partial charge in [-0.05, 0) is 25.1 Å². The van der Waals surface area contributed by atoms with E-state index < -0.39 is 0 Å². The summed E-state index contributed by atoms with van der Waals surface area (Å²) in [6, 6.07) is 16.0. The van der Waals surface area contributed by atoms with Crippen molar-refractivity contribution in [1.82, 2.24) is 9.47 Å². The van der Waals surface area contributed by atoms with E-state index in [9.17, 15) is 4.79 Å². The van der Waals surface area contributed by atoms with Crippen LogP contribution in [-0.4, -0.2) is 29.0 Å². The number of carbonyl (C=O) groups excluding carboxylic acids is 1. The van der Waals surface area contributed by atoms with Crippen LogP contribution < -0.4 is 0 Å². The zero-order chi connectivity index (χ0) is 17.1. The molecule has 0 unspecified atom stereocenters. The summed E-state index contributed by atoms with van der Waals surface area (Å²) in [5.41, 5.74) is 3.95. The standard InChI is InChI=1S/C21H20N2O/c1-16-10-12-17(13-11-16)7-6-14-22(2)21(24)19-15-23(3)20-9-5-4-8-18(19)20/h4-5,8-13,15H,14H2,1-3H3. The van der Waals surface area contributed by atoms with Gasteiger partial charge in [-0.1, -0.05) is 47.7 Å². The van der Waals surface area contributed by atoms with E-state index in [1.807, 2.05) is 73.3 Å². The molecule has 0 radical (unpaired) electrons. The van der Waals surface area contributed by atoms with Gasteiger partial charge in [0.1, 0.15) is 0 Å². The molecule has 24 heavy (non-hydrogen) atoms. The van der Waals surface area contributed by atoms with Gasteiger partial charge in [-0.2, -0.15) is 0 Å². The lowest BCUT2D eigenvalue weighted by atomic mass is 10.1. The molecule has 1 heterocycles. The third-order valence-electron chi connectivity index (χ3n) is 4.07. The van der Waals surface area contributed by atoms with Crippen molar-refractivity contribution in [2.75, 3.05) is 13.6 Å². The molecule has 3 heteroatoms. The van der Waals surface area contributed by atoms with Gasteiger partial charge in [0.05, 0.1) is 12.1 Å². The van der Waals surface area contributed by atoms with Crippen LogP contribution in [-0.2, 0) is 7.05 Å². The van der Waals surface area contributed by atoms with E-state index in [0.29, 0.717) is 12.1 Å². The Bertz CT molecular complexity index is 939. The highest BCUT2D eigenvalue weighted by Gasteiger charge is 2.16. The van der Waals surface area contributed by atoms with E-state index in [-0.39, 0.29) is 5.91 Å². The van der Waals surface area contributed by atoms with E-state index in [2.05, 4.69) is 11.8 Å². The van der Waals surface area contributed by atoms with Crippen LogP contribution in [0, 0.1) is 18.8 Å². The number of rotatable bonds is 2. The first-order valence-corrected chi connectivity index (χ1v) is 7.91. The normalized spacial score (nSPS) is 10.3. The second-order valence-corrected chi connectivity index (χ2v) is 6.00. The SMILES string of the molecule is Cc1ccc(C#CCN(C)C(=O)c2cn(C)c3ccccc23)cc1. The Balaban J connectivity index is 1.76. The second-order valence-electron chi connectivity index (χ2n) is 6.00. The van der Waals surface area contributed by atoms with Crippen LogP contribution in [0.2, 0.25) is 0 Å². The average Bonchev–Trinajstić information content (AvgIpc) is 2.93. The number of aryl methyl sites for hydroxylation is 2. The summed E-state index contributed by atoms with van der Waals surface area (Å²) >= 11 is 0. The summed E-state index contributed by atoms with van der Waals surface area (Å²) in [6.07, 6.45) is 1.89. The minimum atomic E-state index is -0.00925. The highest BCUT2D eigenvalue weighted by molar-refractivity contribution is 6.06. The van der Waals surface area contributed by atoms with Crippen LogP contribution in [0.3, 0.4) is 0 Å². The first-order valence-electron chi connectivity index (χ1n) is 7.91. The molecule has 0 N–H and O–H groups in total. The van der Waals surface area contributed by atoms with E-state index in [1.165, 1.54) is 5.56 Å². The van der Waals surface area contributed by atoms with Gasteiger partial charge in [0.25, 0.3) is 5.91 Å². The van der Waals surface area contributed by atoms with Crippen molar-refractivity contribution >= 4 is 16.8 Å². The number of para-hydroxylation sites is 1. The molecule has 0 atom stereocenters. The maximum atomic E-state index is 12.7. The quantitative estimate of drug-likeness (QED) is 0.663. The third-order valence-corrected chi connectivity index (χ3v) is 4.07. The van der Waals surface area contributed by atoms with Crippen molar-refractivity contribution in [1.29, 1.82) is 0 Å². The molecular formula is C21H20N2O. The Labute approximate surface area is 142 Å². The van der Waals surface area contributed by atoms with Gasteiger partial charge in [0, 0.05) is 36.8 Å². The molecular weight excluding hydrogens is 296 g/mol.